The van der Waals surface area contributed by atoms with Crippen molar-refractivity contribution in [2.75, 3.05) is 51.3 Å². The zero-order chi connectivity index (χ0) is 14.2. The highest BCUT2D eigenvalue weighted by molar-refractivity contribution is 5.80. The molecule has 2 N–H and O–H groups in total. The monoisotopic (exact) mass is 277 g/mol. The minimum absolute atomic E-state index is 0.0292. The topological polar surface area (TPSA) is 53.6 Å². The molecule has 5 nitrogen and oxygen atoms in total. The molecule has 0 aromatic heterocycles. The summed E-state index contributed by atoms with van der Waals surface area (Å²) >= 11 is 0. The lowest BCUT2D eigenvalue weighted by molar-refractivity contribution is -0.119. The van der Waals surface area contributed by atoms with Gasteiger partial charge < -0.3 is 15.4 Å². The summed E-state index contributed by atoms with van der Waals surface area (Å²) in [6.45, 7) is 7.42. The molecule has 0 aliphatic carbocycles. The van der Waals surface area contributed by atoms with Crippen LogP contribution in [-0.4, -0.2) is 56.7 Å². The van der Waals surface area contributed by atoms with Gasteiger partial charge in [0.2, 0.25) is 5.91 Å². The molecule has 20 heavy (non-hydrogen) atoms. The van der Waals surface area contributed by atoms with Gasteiger partial charge in [0, 0.05) is 31.9 Å². The van der Waals surface area contributed by atoms with Gasteiger partial charge in [-0.1, -0.05) is 18.2 Å². The molecular formula is C15H23N3O2. The third-order valence-electron chi connectivity index (χ3n) is 3.44. The van der Waals surface area contributed by atoms with Gasteiger partial charge in [-0.05, 0) is 18.6 Å². The van der Waals surface area contributed by atoms with E-state index in [4.69, 9.17) is 4.74 Å². The molecule has 1 aliphatic heterocycles. The van der Waals surface area contributed by atoms with Crippen LogP contribution in [0.2, 0.25) is 0 Å². The number of benzene rings is 1. The largest absolute Gasteiger partial charge is 0.379 e. The second-order valence-electron chi connectivity index (χ2n) is 4.97. The molecule has 5 heteroatoms. The summed E-state index contributed by atoms with van der Waals surface area (Å²) in [5.74, 6) is 0.0292. The highest BCUT2D eigenvalue weighted by atomic mass is 16.5. The highest BCUT2D eigenvalue weighted by Gasteiger charge is 2.10. The van der Waals surface area contributed by atoms with Crippen LogP contribution < -0.4 is 10.6 Å². The maximum absolute atomic E-state index is 11.8. The molecule has 0 atom stereocenters. The minimum Gasteiger partial charge on any atom is -0.379 e. The van der Waals surface area contributed by atoms with Gasteiger partial charge >= 0.3 is 0 Å². The molecule has 0 radical (unpaired) electrons. The Morgan fingerprint density at radius 3 is 2.80 bits per heavy atom. The van der Waals surface area contributed by atoms with Gasteiger partial charge in [0.15, 0.2) is 0 Å². The number of nitrogens with zero attached hydrogens (tertiary/aromatic N) is 1. The van der Waals surface area contributed by atoms with Crippen molar-refractivity contribution in [3.8, 4) is 0 Å². The maximum Gasteiger partial charge on any atom is 0.239 e. The molecule has 1 saturated heterocycles. The summed E-state index contributed by atoms with van der Waals surface area (Å²) < 4.78 is 5.29. The van der Waals surface area contributed by atoms with Crippen LogP contribution >= 0.6 is 0 Å². The van der Waals surface area contributed by atoms with Crippen molar-refractivity contribution in [2.45, 2.75) is 6.92 Å². The quantitative estimate of drug-likeness (QED) is 0.809. The van der Waals surface area contributed by atoms with E-state index >= 15 is 0 Å². The molecule has 0 spiro atoms. The number of hydrogen-bond donors (Lipinski definition) is 2. The van der Waals surface area contributed by atoms with E-state index in [9.17, 15) is 4.79 Å². The molecule has 1 fully saturated rings. The molecule has 1 heterocycles. The molecule has 1 aromatic carbocycles. The number of amides is 1. The lowest BCUT2D eigenvalue weighted by Gasteiger charge is -2.26. The predicted octanol–water partition coefficient (Wildman–Crippen LogP) is 0.855. The van der Waals surface area contributed by atoms with Crippen LogP contribution in [0.25, 0.3) is 0 Å². The first-order chi connectivity index (χ1) is 9.75. The molecule has 1 aromatic rings. The van der Waals surface area contributed by atoms with Crippen LogP contribution in [0.3, 0.4) is 0 Å². The van der Waals surface area contributed by atoms with Gasteiger partial charge in [0.1, 0.15) is 0 Å². The van der Waals surface area contributed by atoms with E-state index < -0.39 is 0 Å². The smallest absolute Gasteiger partial charge is 0.239 e. The number of para-hydroxylation sites is 1. The van der Waals surface area contributed by atoms with Gasteiger partial charge in [0.05, 0.1) is 19.8 Å². The van der Waals surface area contributed by atoms with Crippen LogP contribution in [0.5, 0.6) is 0 Å². The Kier molecular flexibility index (Phi) is 5.83. The van der Waals surface area contributed by atoms with Crippen LogP contribution in [0, 0.1) is 6.92 Å². The van der Waals surface area contributed by atoms with E-state index in [1.807, 2.05) is 31.2 Å². The van der Waals surface area contributed by atoms with E-state index in [-0.39, 0.29) is 5.91 Å². The highest BCUT2D eigenvalue weighted by Crippen LogP contribution is 2.12. The van der Waals surface area contributed by atoms with Gasteiger partial charge in [-0.15, -0.1) is 0 Å². The van der Waals surface area contributed by atoms with Crippen molar-refractivity contribution in [3.05, 3.63) is 29.8 Å². The molecule has 0 bridgehead atoms. The molecule has 0 saturated carbocycles. The first-order valence-corrected chi connectivity index (χ1v) is 7.12. The SMILES string of the molecule is Cc1ccccc1NCC(=O)NCCN1CCOCC1. The Labute approximate surface area is 120 Å². The molecule has 2 rings (SSSR count). The fraction of sp³-hybridized carbons (Fsp3) is 0.533. The van der Waals surface area contributed by atoms with Crippen LogP contribution in [0.4, 0.5) is 5.69 Å². The Hall–Kier alpha value is -1.59. The number of rotatable bonds is 6. The van der Waals surface area contributed by atoms with Gasteiger partial charge in [-0.3, -0.25) is 9.69 Å². The molecule has 1 aliphatic rings. The van der Waals surface area contributed by atoms with Crippen LogP contribution in [0.15, 0.2) is 24.3 Å². The number of hydrogen-bond acceptors (Lipinski definition) is 4. The number of morpholine rings is 1. The van der Waals surface area contributed by atoms with E-state index in [1.54, 1.807) is 0 Å². The fourth-order valence-electron chi connectivity index (χ4n) is 2.19. The second-order valence-corrected chi connectivity index (χ2v) is 4.97. The van der Waals surface area contributed by atoms with E-state index in [1.165, 1.54) is 0 Å². The molecule has 0 unspecified atom stereocenters. The number of aryl methyl sites for hydroxylation is 1. The number of nitrogens with one attached hydrogen (secondary N) is 2. The van der Waals surface area contributed by atoms with Crippen LogP contribution in [-0.2, 0) is 9.53 Å². The summed E-state index contributed by atoms with van der Waals surface area (Å²) in [6, 6.07) is 7.96. The zero-order valence-corrected chi connectivity index (χ0v) is 12.0. The van der Waals surface area contributed by atoms with Crippen molar-refractivity contribution in [1.82, 2.24) is 10.2 Å². The summed E-state index contributed by atoms with van der Waals surface area (Å²) in [4.78, 5) is 14.1. The number of carbonyl (C=O) groups excluding carboxylic acids is 1. The maximum atomic E-state index is 11.8. The summed E-state index contributed by atoms with van der Waals surface area (Å²) in [5, 5.41) is 6.09. The van der Waals surface area contributed by atoms with Crippen LogP contribution in [0.1, 0.15) is 5.56 Å². The average Bonchev–Trinajstić information content (AvgIpc) is 2.47. The summed E-state index contributed by atoms with van der Waals surface area (Å²) in [6.07, 6.45) is 0. The van der Waals surface area contributed by atoms with Gasteiger partial charge in [0.25, 0.3) is 0 Å². The van der Waals surface area contributed by atoms with Crippen molar-refractivity contribution in [3.63, 3.8) is 0 Å². The zero-order valence-electron chi connectivity index (χ0n) is 12.0. The Morgan fingerprint density at radius 1 is 1.30 bits per heavy atom. The lowest BCUT2D eigenvalue weighted by atomic mass is 10.2. The normalized spacial score (nSPS) is 15.8. The summed E-state index contributed by atoms with van der Waals surface area (Å²) in [5.41, 5.74) is 2.16. The van der Waals surface area contributed by atoms with Crippen molar-refractivity contribution in [2.24, 2.45) is 0 Å². The first-order valence-electron chi connectivity index (χ1n) is 7.12. The number of anilines is 1. The molecule has 110 valence electrons. The summed E-state index contributed by atoms with van der Waals surface area (Å²) in [7, 11) is 0. The first kappa shape index (κ1) is 14.8. The van der Waals surface area contributed by atoms with Crippen molar-refractivity contribution in [1.29, 1.82) is 0 Å². The Bertz CT molecular complexity index is 431. The average molecular weight is 277 g/mol. The van der Waals surface area contributed by atoms with E-state index in [2.05, 4.69) is 15.5 Å². The van der Waals surface area contributed by atoms with Crippen molar-refractivity contribution < 1.29 is 9.53 Å². The lowest BCUT2D eigenvalue weighted by Crippen LogP contribution is -2.42. The standard InChI is InChI=1S/C15H23N3O2/c1-13-4-2-3-5-14(13)17-12-15(19)16-6-7-18-8-10-20-11-9-18/h2-5,17H,6-12H2,1H3,(H,16,19). The minimum atomic E-state index is 0.0292. The Balaban J connectivity index is 1.62. The number of ether oxygens (including phenoxy) is 1. The van der Waals surface area contributed by atoms with E-state index in [0.29, 0.717) is 13.1 Å². The van der Waals surface area contributed by atoms with E-state index in [0.717, 1.165) is 44.1 Å². The van der Waals surface area contributed by atoms with Gasteiger partial charge in [-0.2, -0.15) is 0 Å². The third kappa shape index (κ3) is 4.83. The predicted molar refractivity (Wildman–Crippen MR) is 79.9 cm³/mol. The molecular weight excluding hydrogens is 254 g/mol. The fourth-order valence-corrected chi connectivity index (χ4v) is 2.19. The third-order valence-corrected chi connectivity index (χ3v) is 3.44. The van der Waals surface area contributed by atoms with Gasteiger partial charge in [-0.25, -0.2) is 0 Å². The Morgan fingerprint density at radius 2 is 2.05 bits per heavy atom. The molecule has 1 amide bonds. The van der Waals surface area contributed by atoms with Crippen molar-refractivity contribution >= 4 is 11.6 Å². The number of carbonyl (C=O) groups is 1. The second kappa shape index (κ2) is 7.87.